The topological polar surface area (TPSA) is 21.3 Å². The highest BCUT2D eigenvalue weighted by Crippen LogP contribution is 2.19. The van der Waals surface area contributed by atoms with Crippen molar-refractivity contribution in [2.45, 2.75) is 40.3 Å². The van der Waals surface area contributed by atoms with Crippen LogP contribution in [0.25, 0.3) is 0 Å². The Bertz CT molecular complexity index is 363. The number of rotatable bonds is 7. The van der Waals surface area contributed by atoms with E-state index in [9.17, 15) is 0 Å². The Morgan fingerprint density at radius 2 is 1.94 bits per heavy atom. The van der Waals surface area contributed by atoms with Gasteiger partial charge in [0.1, 0.15) is 0 Å². The summed E-state index contributed by atoms with van der Waals surface area (Å²) in [6.45, 7) is 11.0. The normalized spacial score (nSPS) is 12.1. The average Bonchev–Trinajstić information content (AvgIpc) is 2.29. The predicted octanol–water partition coefficient (Wildman–Crippen LogP) is 3.88. The number of hydrogen-bond donors (Lipinski definition) is 1. The third-order valence-corrected chi connectivity index (χ3v) is 3.07. The highest BCUT2D eigenvalue weighted by atomic mass is 35.5. The lowest BCUT2D eigenvalue weighted by Crippen LogP contribution is -2.36. The minimum absolute atomic E-state index is 0.130. The Labute approximate surface area is 116 Å². The Kier molecular flexibility index (Phi) is 6.13. The molecule has 0 spiro atoms. The van der Waals surface area contributed by atoms with Crippen molar-refractivity contribution in [2.24, 2.45) is 5.41 Å². The molecule has 0 aliphatic carbocycles. The molecule has 1 aromatic carbocycles. The number of halogens is 1. The largest absolute Gasteiger partial charge is 0.376 e. The molecule has 0 aromatic heterocycles. The van der Waals surface area contributed by atoms with Gasteiger partial charge in [0, 0.05) is 23.0 Å². The van der Waals surface area contributed by atoms with Crippen LogP contribution in [-0.4, -0.2) is 19.2 Å². The van der Waals surface area contributed by atoms with Crippen molar-refractivity contribution >= 4 is 11.6 Å². The van der Waals surface area contributed by atoms with Gasteiger partial charge >= 0.3 is 0 Å². The summed E-state index contributed by atoms with van der Waals surface area (Å²) in [5.74, 6) is 0. The third-order valence-electron chi connectivity index (χ3n) is 2.70. The molecule has 0 aliphatic heterocycles. The Morgan fingerprint density at radius 1 is 1.28 bits per heavy atom. The maximum atomic E-state index is 6.08. The van der Waals surface area contributed by atoms with Crippen LogP contribution in [0.5, 0.6) is 0 Å². The minimum Gasteiger partial charge on any atom is -0.376 e. The lowest BCUT2D eigenvalue weighted by Gasteiger charge is -2.26. The molecule has 102 valence electrons. The lowest BCUT2D eigenvalue weighted by molar-refractivity contribution is 0.0504. The van der Waals surface area contributed by atoms with Crippen molar-refractivity contribution in [3.05, 3.63) is 34.9 Å². The predicted molar refractivity (Wildman–Crippen MR) is 78.0 cm³/mol. The maximum Gasteiger partial charge on any atom is 0.0731 e. The van der Waals surface area contributed by atoms with Crippen molar-refractivity contribution in [2.75, 3.05) is 13.2 Å². The first kappa shape index (κ1) is 15.5. The zero-order chi connectivity index (χ0) is 13.6. The molecule has 0 fully saturated rings. The van der Waals surface area contributed by atoms with Crippen molar-refractivity contribution in [1.29, 1.82) is 0 Å². The highest BCUT2D eigenvalue weighted by molar-refractivity contribution is 6.31. The van der Waals surface area contributed by atoms with Crippen LogP contribution in [0.15, 0.2) is 24.3 Å². The van der Waals surface area contributed by atoms with Gasteiger partial charge in [-0.1, -0.05) is 57.5 Å². The van der Waals surface area contributed by atoms with Crippen molar-refractivity contribution in [1.82, 2.24) is 5.32 Å². The Balaban J connectivity index is 2.34. The molecule has 0 aliphatic rings. The summed E-state index contributed by atoms with van der Waals surface area (Å²) >= 11 is 6.08. The van der Waals surface area contributed by atoms with Crippen LogP contribution in [0, 0.1) is 5.41 Å². The molecule has 0 heterocycles. The van der Waals surface area contributed by atoms with Gasteiger partial charge in [-0.15, -0.1) is 0 Å². The van der Waals surface area contributed by atoms with E-state index in [-0.39, 0.29) is 5.41 Å². The molecule has 1 aromatic rings. The van der Waals surface area contributed by atoms with Gasteiger partial charge in [-0.3, -0.25) is 0 Å². The molecule has 2 nitrogen and oxygen atoms in total. The summed E-state index contributed by atoms with van der Waals surface area (Å²) in [6, 6.07) is 8.32. The quantitative estimate of drug-likeness (QED) is 0.811. The summed E-state index contributed by atoms with van der Waals surface area (Å²) in [5.41, 5.74) is 1.18. The summed E-state index contributed by atoms with van der Waals surface area (Å²) in [7, 11) is 0. The fourth-order valence-corrected chi connectivity index (χ4v) is 1.77. The van der Waals surface area contributed by atoms with Crippen LogP contribution < -0.4 is 5.32 Å². The van der Waals surface area contributed by atoms with E-state index in [0.29, 0.717) is 12.6 Å². The molecule has 0 radical (unpaired) electrons. The molecule has 0 saturated carbocycles. The fraction of sp³-hybridized carbons (Fsp3) is 0.600. The standard InChI is InChI=1S/C15H24ClNO/c1-12(2)17-10-15(3,4)11-18-9-13-7-5-6-8-14(13)16/h5-8,12,17H,9-11H2,1-4H3. The zero-order valence-corrected chi connectivity index (χ0v) is 12.6. The minimum atomic E-state index is 0.130. The monoisotopic (exact) mass is 269 g/mol. The zero-order valence-electron chi connectivity index (χ0n) is 11.8. The second kappa shape index (κ2) is 7.13. The number of ether oxygens (including phenoxy) is 1. The van der Waals surface area contributed by atoms with E-state index >= 15 is 0 Å². The van der Waals surface area contributed by atoms with Gasteiger partial charge in [0.15, 0.2) is 0 Å². The maximum absolute atomic E-state index is 6.08. The van der Waals surface area contributed by atoms with Crippen molar-refractivity contribution in [3.63, 3.8) is 0 Å². The van der Waals surface area contributed by atoms with E-state index in [4.69, 9.17) is 16.3 Å². The first-order valence-electron chi connectivity index (χ1n) is 6.45. The summed E-state index contributed by atoms with van der Waals surface area (Å²) < 4.78 is 5.77. The van der Waals surface area contributed by atoms with Crippen LogP contribution in [-0.2, 0) is 11.3 Å². The molecule has 1 N–H and O–H groups in total. The van der Waals surface area contributed by atoms with Crippen LogP contribution in [0.2, 0.25) is 5.02 Å². The van der Waals surface area contributed by atoms with E-state index in [2.05, 4.69) is 33.0 Å². The first-order chi connectivity index (χ1) is 8.41. The van der Waals surface area contributed by atoms with Crippen LogP contribution in [0.3, 0.4) is 0 Å². The van der Waals surface area contributed by atoms with Crippen molar-refractivity contribution in [3.8, 4) is 0 Å². The number of benzene rings is 1. The van der Waals surface area contributed by atoms with Gasteiger partial charge in [-0.05, 0) is 11.6 Å². The van der Waals surface area contributed by atoms with E-state index in [0.717, 1.165) is 23.7 Å². The molecular formula is C15H24ClNO. The second-order valence-electron chi connectivity index (χ2n) is 5.78. The summed E-state index contributed by atoms with van der Waals surface area (Å²) in [5, 5.41) is 4.21. The molecule has 0 unspecified atom stereocenters. The van der Waals surface area contributed by atoms with E-state index in [1.807, 2.05) is 24.3 Å². The van der Waals surface area contributed by atoms with E-state index < -0.39 is 0 Å². The summed E-state index contributed by atoms with van der Waals surface area (Å²) in [4.78, 5) is 0. The fourth-order valence-electron chi connectivity index (χ4n) is 1.58. The van der Waals surface area contributed by atoms with Gasteiger partial charge in [0.25, 0.3) is 0 Å². The van der Waals surface area contributed by atoms with Crippen molar-refractivity contribution < 1.29 is 4.74 Å². The number of hydrogen-bond acceptors (Lipinski definition) is 2. The molecule has 0 saturated heterocycles. The number of nitrogens with one attached hydrogen (secondary N) is 1. The third kappa shape index (κ3) is 5.85. The van der Waals surface area contributed by atoms with Gasteiger partial charge in [-0.2, -0.15) is 0 Å². The van der Waals surface area contributed by atoms with Gasteiger partial charge in [0.05, 0.1) is 13.2 Å². The first-order valence-corrected chi connectivity index (χ1v) is 6.83. The van der Waals surface area contributed by atoms with Crippen LogP contribution >= 0.6 is 11.6 Å². The highest BCUT2D eigenvalue weighted by Gasteiger charge is 2.18. The smallest absolute Gasteiger partial charge is 0.0731 e. The van der Waals surface area contributed by atoms with Gasteiger partial charge < -0.3 is 10.1 Å². The summed E-state index contributed by atoms with van der Waals surface area (Å²) in [6.07, 6.45) is 0. The van der Waals surface area contributed by atoms with Gasteiger partial charge in [0.2, 0.25) is 0 Å². The molecule has 3 heteroatoms. The van der Waals surface area contributed by atoms with Crippen LogP contribution in [0.1, 0.15) is 33.3 Å². The molecule has 18 heavy (non-hydrogen) atoms. The molecular weight excluding hydrogens is 246 g/mol. The SMILES string of the molecule is CC(C)NCC(C)(C)COCc1ccccc1Cl. The van der Waals surface area contributed by atoms with E-state index in [1.165, 1.54) is 0 Å². The second-order valence-corrected chi connectivity index (χ2v) is 6.19. The molecule has 1 rings (SSSR count). The molecule has 0 bridgehead atoms. The molecule has 0 atom stereocenters. The van der Waals surface area contributed by atoms with Crippen LogP contribution in [0.4, 0.5) is 0 Å². The van der Waals surface area contributed by atoms with Gasteiger partial charge in [-0.25, -0.2) is 0 Å². The Morgan fingerprint density at radius 3 is 2.56 bits per heavy atom. The average molecular weight is 270 g/mol. The van der Waals surface area contributed by atoms with E-state index in [1.54, 1.807) is 0 Å². The Hall–Kier alpha value is -0.570. The molecule has 0 amide bonds. The lowest BCUT2D eigenvalue weighted by atomic mass is 9.94.